The van der Waals surface area contributed by atoms with Gasteiger partial charge in [0, 0.05) is 17.8 Å². The largest absolute Gasteiger partial charge is 0.347 e. The molecule has 27 heavy (non-hydrogen) atoms. The molecule has 3 rings (SSSR count). The Hall–Kier alpha value is -3.25. The van der Waals surface area contributed by atoms with Crippen molar-refractivity contribution in [2.45, 2.75) is 12.5 Å². The highest BCUT2D eigenvalue weighted by Crippen LogP contribution is 2.16. The summed E-state index contributed by atoms with van der Waals surface area (Å²) in [5, 5.41) is 14.3. The molecule has 0 spiro atoms. The number of nitrogens with one attached hydrogen (secondary N) is 2. The van der Waals surface area contributed by atoms with Gasteiger partial charge in [0.25, 0.3) is 11.8 Å². The molecule has 138 valence electrons. The third-order valence-electron chi connectivity index (χ3n) is 4.12. The fraction of sp³-hybridized carbons (Fsp3) is 0.222. The average molecular weight is 384 g/mol. The summed E-state index contributed by atoms with van der Waals surface area (Å²) in [5.41, 5.74) is 0.895. The summed E-state index contributed by atoms with van der Waals surface area (Å²) < 4.78 is 23.0. The highest BCUT2D eigenvalue weighted by molar-refractivity contribution is 7.91. The van der Waals surface area contributed by atoms with Gasteiger partial charge in [-0.15, -0.1) is 0 Å². The van der Waals surface area contributed by atoms with E-state index in [0.717, 1.165) is 0 Å². The summed E-state index contributed by atoms with van der Waals surface area (Å²) >= 11 is 0. The lowest BCUT2D eigenvalue weighted by Gasteiger charge is -2.11. The summed E-state index contributed by atoms with van der Waals surface area (Å²) in [6.45, 7) is 0. The van der Waals surface area contributed by atoms with Gasteiger partial charge in [-0.2, -0.15) is 5.26 Å². The Balaban J connectivity index is 1.72. The molecule has 1 saturated heterocycles. The van der Waals surface area contributed by atoms with Crippen molar-refractivity contribution in [1.82, 2.24) is 10.3 Å². The first-order valence-electron chi connectivity index (χ1n) is 8.16. The van der Waals surface area contributed by atoms with Crippen LogP contribution in [0.3, 0.4) is 0 Å². The van der Waals surface area contributed by atoms with Crippen molar-refractivity contribution >= 4 is 27.3 Å². The van der Waals surface area contributed by atoms with Crippen LogP contribution in [0.15, 0.2) is 42.6 Å². The molecule has 1 fully saturated rings. The average Bonchev–Trinajstić information content (AvgIpc) is 3.00. The lowest BCUT2D eigenvalue weighted by atomic mass is 10.1. The quantitative estimate of drug-likeness (QED) is 0.813. The zero-order valence-corrected chi connectivity index (χ0v) is 15.0. The maximum atomic E-state index is 12.4. The number of carbonyl (C=O) groups excluding carboxylic acids is 2. The Morgan fingerprint density at radius 1 is 1.19 bits per heavy atom. The summed E-state index contributed by atoms with van der Waals surface area (Å²) in [4.78, 5) is 28.7. The van der Waals surface area contributed by atoms with Crippen molar-refractivity contribution in [3.05, 3.63) is 59.4 Å². The zero-order chi connectivity index (χ0) is 19.4. The summed E-state index contributed by atoms with van der Waals surface area (Å²) in [6.07, 6.45) is 1.69. The van der Waals surface area contributed by atoms with Crippen LogP contribution in [-0.4, -0.2) is 42.8 Å². The molecule has 0 radical (unpaired) electrons. The van der Waals surface area contributed by atoms with Gasteiger partial charge >= 0.3 is 0 Å². The molecule has 0 aliphatic carbocycles. The minimum atomic E-state index is -3.11. The van der Waals surface area contributed by atoms with Crippen LogP contribution in [0, 0.1) is 11.3 Å². The Morgan fingerprint density at radius 3 is 2.67 bits per heavy atom. The second-order valence-corrected chi connectivity index (χ2v) is 8.34. The molecule has 0 saturated carbocycles. The molecule has 2 heterocycles. The van der Waals surface area contributed by atoms with Crippen molar-refractivity contribution in [3.63, 3.8) is 0 Å². The number of carbonyl (C=O) groups is 2. The predicted molar refractivity (Wildman–Crippen MR) is 97.9 cm³/mol. The summed E-state index contributed by atoms with van der Waals surface area (Å²) in [7, 11) is -3.11. The van der Waals surface area contributed by atoms with E-state index in [1.165, 1.54) is 18.3 Å². The highest BCUT2D eigenvalue weighted by atomic mass is 32.2. The van der Waals surface area contributed by atoms with Crippen molar-refractivity contribution in [3.8, 4) is 6.07 Å². The number of nitriles is 1. The van der Waals surface area contributed by atoms with Gasteiger partial charge in [0.05, 0.1) is 22.8 Å². The van der Waals surface area contributed by atoms with E-state index in [4.69, 9.17) is 5.26 Å². The minimum Gasteiger partial charge on any atom is -0.347 e. The summed E-state index contributed by atoms with van der Waals surface area (Å²) in [6, 6.07) is 10.9. The maximum Gasteiger partial charge on any atom is 0.270 e. The van der Waals surface area contributed by atoms with E-state index in [1.807, 2.05) is 6.07 Å². The number of para-hydroxylation sites is 1. The number of hydrogen-bond donors (Lipinski definition) is 2. The molecule has 0 bridgehead atoms. The minimum absolute atomic E-state index is 0.0144. The van der Waals surface area contributed by atoms with Crippen LogP contribution >= 0.6 is 0 Å². The molecule has 2 amide bonds. The maximum absolute atomic E-state index is 12.4. The lowest BCUT2D eigenvalue weighted by Crippen LogP contribution is -2.36. The predicted octanol–water partition coefficient (Wildman–Crippen LogP) is 1.12. The number of benzene rings is 1. The Bertz CT molecular complexity index is 1040. The first kappa shape index (κ1) is 18.5. The van der Waals surface area contributed by atoms with Crippen LogP contribution in [0.25, 0.3) is 0 Å². The van der Waals surface area contributed by atoms with E-state index in [0.29, 0.717) is 17.7 Å². The van der Waals surface area contributed by atoms with Crippen LogP contribution < -0.4 is 10.6 Å². The number of anilines is 1. The molecule has 9 heteroatoms. The smallest absolute Gasteiger partial charge is 0.270 e. The number of nitrogens with zero attached hydrogens (tertiary/aromatic N) is 2. The Labute approximate surface area is 156 Å². The number of hydrogen-bond acceptors (Lipinski definition) is 6. The van der Waals surface area contributed by atoms with Crippen molar-refractivity contribution in [2.24, 2.45) is 0 Å². The molecule has 8 nitrogen and oxygen atoms in total. The van der Waals surface area contributed by atoms with Crippen LogP contribution in [0.2, 0.25) is 0 Å². The Kier molecular flexibility index (Phi) is 5.19. The molecule has 1 aliphatic rings. The highest BCUT2D eigenvalue weighted by Gasteiger charge is 2.29. The van der Waals surface area contributed by atoms with Crippen molar-refractivity contribution < 1.29 is 18.0 Å². The van der Waals surface area contributed by atoms with Gasteiger partial charge in [0.1, 0.15) is 11.8 Å². The number of sulfone groups is 1. The molecular formula is C18H16N4O4S. The Morgan fingerprint density at radius 2 is 1.96 bits per heavy atom. The van der Waals surface area contributed by atoms with Gasteiger partial charge in [0.2, 0.25) is 0 Å². The number of rotatable bonds is 4. The first-order valence-corrected chi connectivity index (χ1v) is 9.98. The molecule has 1 aromatic carbocycles. The zero-order valence-electron chi connectivity index (χ0n) is 14.2. The first-order chi connectivity index (χ1) is 12.9. The molecule has 1 atom stereocenters. The van der Waals surface area contributed by atoms with E-state index >= 15 is 0 Å². The van der Waals surface area contributed by atoms with Crippen LogP contribution in [0.5, 0.6) is 0 Å². The fourth-order valence-electron chi connectivity index (χ4n) is 2.75. The van der Waals surface area contributed by atoms with Crippen molar-refractivity contribution in [2.75, 3.05) is 16.8 Å². The van der Waals surface area contributed by atoms with E-state index < -0.39 is 27.7 Å². The number of aromatic nitrogens is 1. The monoisotopic (exact) mass is 384 g/mol. The number of amides is 2. The van der Waals surface area contributed by atoms with Gasteiger partial charge in [-0.1, -0.05) is 12.1 Å². The van der Waals surface area contributed by atoms with E-state index in [1.54, 1.807) is 24.3 Å². The fourth-order valence-corrected chi connectivity index (χ4v) is 4.42. The van der Waals surface area contributed by atoms with Crippen LogP contribution in [0.4, 0.5) is 5.69 Å². The van der Waals surface area contributed by atoms with Gasteiger partial charge in [0.15, 0.2) is 9.84 Å². The third-order valence-corrected chi connectivity index (χ3v) is 5.89. The standard InChI is InChI=1S/C18H16N4O4S/c19-10-13-3-1-2-4-15(13)22-17(23)12-5-7-20-16(9-12)18(24)21-14-6-8-27(25,26)11-14/h1-5,7,9,14H,6,8,11H2,(H,21,24)(H,22,23). The SMILES string of the molecule is N#Cc1ccccc1NC(=O)c1ccnc(C(=O)NC2CCS(=O)(=O)C2)c1. The molecule has 1 unspecified atom stereocenters. The number of pyridine rings is 1. The summed E-state index contributed by atoms with van der Waals surface area (Å²) in [5.74, 6) is -1.07. The molecule has 1 aromatic heterocycles. The van der Waals surface area contributed by atoms with E-state index in [-0.39, 0.29) is 22.8 Å². The normalized spacial score (nSPS) is 17.7. The second-order valence-electron chi connectivity index (χ2n) is 6.11. The van der Waals surface area contributed by atoms with E-state index in [2.05, 4.69) is 15.6 Å². The molecule has 1 aliphatic heterocycles. The van der Waals surface area contributed by atoms with Gasteiger partial charge in [-0.3, -0.25) is 14.6 Å². The van der Waals surface area contributed by atoms with Gasteiger partial charge in [-0.05, 0) is 30.7 Å². The van der Waals surface area contributed by atoms with Gasteiger partial charge < -0.3 is 10.6 Å². The van der Waals surface area contributed by atoms with Crippen molar-refractivity contribution in [1.29, 1.82) is 5.26 Å². The molecule has 2 aromatic rings. The van der Waals surface area contributed by atoms with E-state index in [9.17, 15) is 18.0 Å². The van der Waals surface area contributed by atoms with Gasteiger partial charge in [-0.25, -0.2) is 8.42 Å². The second kappa shape index (κ2) is 7.55. The van der Waals surface area contributed by atoms with Crippen LogP contribution in [0.1, 0.15) is 32.8 Å². The van der Waals surface area contributed by atoms with Crippen LogP contribution in [-0.2, 0) is 9.84 Å². The lowest BCUT2D eigenvalue weighted by molar-refractivity contribution is 0.0936. The molecule has 2 N–H and O–H groups in total. The third kappa shape index (κ3) is 4.48. The topological polar surface area (TPSA) is 129 Å². The molecular weight excluding hydrogens is 368 g/mol.